The third-order valence-electron chi connectivity index (χ3n) is 3.31. The van der Waals surface area contributed by atoms with Gasteiger partial charge in [-0.3, -0.25) is 4.79 Å². The van der Waals surface area contributed by atoms with Gasteiger partial charge in [-0.25, -0.2) is 0 Å². The van der Waals surface area contributed by atoms with Crippen LogP contribution in [0.2, 0.25) is 0 Å². The molecule has 2 rings (SSSR count). The summed E-state index contributed by atoms with van der Waals surface area (Å²) in [6, 6.07) is 0. The van der Waals surface area contributed by atoms with Gasteiger partial charge in [-0.15, -0.1) is 0 Å². The van der Waals surface area contributed by atoms with Gasteiger partial charge in [0.1, 0.15) is 0 Å². The van der Waals surface area contributed by atoms with Gasteiger partial charge in [-0.2, -0.15) is 0 Å². The van der Waals surface area contributed by atoms with E-state index in [1.807, 2.05) is 0 Å². The van der Waals surface area contributed by atoms with Crippen LogP contribution < -0.4 is 0 Å². The molecular weight excluding hydrogens is 200 g/mol. The van der Waals surface area contributed by atoms with Crippen molar-refractivity contribution in [2.24, 2.45) is 5.92 Å². The summed E-state index contributed by atoms with van der Waals surface area (Å²) in [6.45, 7) is 0. The summed E-state index contributed by atoms with van der Waals surface area (Å²) in [4.78, 5) is 11.0. The van der Waals surface area contributed by atoms with E-state index in [9.17, 15) is 15.0 Å². The van der Waals surface area contributed by atoms with Crippen molar-refractivity contribution in [1.29, 1.82) is 0 Å². The number of aliphatic hydroxyl groups excluding tert-OH is 2. The van der Waals surface area contributed by atoms with Crippen molar-refractivity contribution >= 4 is 5.97 Å². The summed E-state index contributed by atoms with van der Waals surface area (Å²) in [6.07, 6.45) is -0.357. The number of carbonyl (C=O) groups is 1. The van der Waals surface area contributed by atoms with Gasteiger partial charge in [0.15, 0.2) is 0 Å². The Bertz CT molecular complexity index is 254. The number of carbonyl (C=O) groups excluding carboxylic acids is 1. The zero-order valence-electron chi connectivity index (χ0n) is 8.63. The Hall–Kier alpha value is -0.650. The Morgan fingerprint density at radius 2 is 2.20 bits per heavy atom. The molecule has 0 aromatic rings. The lowest BCUT2D eigenvalue weighted by molar-refractivity contribution is -0.143. The smallest absolute Gasteiger partial charge is 0.308 e. The van der Waals surface area contributed by atoms with Crippen molar-refractivity contribution in [3.63, 3.8) is 0 Å². The van der Waals surface area contributed by atoms with Gasteiger partial charge >= 0.3 is 5.97 Å². The van der Waals surface area contributed by atoms with E-state index in [-0.39, 0.29) is 30.5 Å². The van der Waals surface area contributed by atoms with Crippen molar-refractivity contribution in [3.8, 4) is 0 Å². The highest BCUT2D eigenvalue weighted by Gasteiger charge is 2.48. The number of methoxy groups -OCH3 is 1. The summed E-state index contributed by atoms with van der Waals surface area (Å²) in [5.74, 6) is -0.329. The Morgan fingerprint density at radius 1 is 1.47 bits per heavy atom. The molecule has 86 valence electrons. The van der Waals surface area contributed by atoms with E-state index in [0.717, 1.165) is 0 Å². The molecule has 0 aromatic carbocycles. The predicted octanol–water partition coefficient (Wildman–Crippen LogP) is -0.551. The van der Waals surface area contributed by atoms with Crippen LogP contribution in [-0.2, 0) is 14.3 Å². The molecule has 15 heavy (non-hydrogen) atoms. The van der Waals surface area contributed by atoms with Crippen LogP contribution in [0.1, 0.15) is 19.3 Å². The summed E-state index contributed by atoms with van der Waals surface area (Å²) >= 11 is 0. The van der Waals surface area contributed by atoms with Crippen molar-refractivity contribution in [1.82, 2.24) is 0 Å². The zero-order chi connectivity index (χ0) is 11.0. The van der Waals surface area contributed by atoms with Gasteiger partial charge in [-0.1, -0.05) is 0 Å². The summed E-state index contributed by atoms with van der Waals surface area (Å²) in [5, 5.41) is 19.0. The molecule has 1 aliphatic carbocycles. The quantitative estimate of drug-likeness (QED) is 0.606. The Balaban J connectivity index is 1.89. The molecule has 5 heteroatoms. The molecule has 2 fully saturated rings. The molecule has 0 radical (unpaired) electrons. The van der Waals surface area contributed by atoms with E-state index in [4.69, 9.17) is 4.74 Å². The molecule has 0 bridgehead atoms. The van der Waals surface area contributed by atoms with Crippen molar-refractivity contribution in [3.05, 3.63) is 0 Å². The minimum atomic E-state index is -0.711. The normalized spacial score (nSPS) is 44.1. The number of hydrogen-bond donors (Lipinski definition) is 2. The fourth-order valence-electron chi connectivity index (χ4n) is 2.51. The van der Waals surface area contributed by atoms with Crippen LogP contribution in [-0.4, -0.2) is 47.7 Å². The Kier molecular flexibility index (Phi) is 2.95. The van der Waals surface area contributed by atoms with Crippen molar-refractivity contribution in [2.75, 3.05) is 7.11 Å². The lowest BCUT2D eigenvalue weighted by Gasteiger charge is -2.14. The highest BCUT2D eigenvalue weighted by atomic mass is 16.5. The summed E-state index contributed by atoms with van der Waals surface area (Å²) < 4.78 is 10.1. The monoisotopic (exact) mass is 216 g/mol. The maximum Gasteiger partial charge on any atom is 0.308 e. The third-order valence-corrected chi connectivity index (χ3v) is 3.31. The molecule has 2 aliphatic rings. The van der Waals surface area contributed by atoms with E-state index < -0.39 is 12.2 Å². The molecule has 0 amide bonds. The highest BCUT2D eigenvalue weighted by Crippen LogP contribution is 2.40. The van der Waals surface area contributed by atoms with Gasteiger partial charge < -0.3 is 19.7 Å². The van der Waals surface area contributed by atoms with E-state index in [1.165, 1.54) is 7.11 Å². The lowest BCUT2D eigenvalue weighted by atomic mass is 9.98. The number of aliphatic hydroxyl groups is 2. The molecule has 1 saturated heterocycles. The summed E-state index contributed by atoms with van der Waals surface area (Å²) in [5.41, 5.74) is 0. The lowest BCUT2D eigenvalue weighted by Crippen LogP contribution is -2.26. The van der Waals surface area contributed by atoms with Gasteiger partial charge in [0.2, 0.25) is 0 Å². The number of hydrogen-bond acceptors (Lipinski definition) is 5. The average Bonchev–Trinajstić information content (AvgIpc) is 2.68. The molecule has 5 nitrogen and oxygen atoms in total. The zero-order valence-corrected chi connectivity index (χ0v) is 8.63. The fraction of sp³-hybridized carbons (Fsp3) is 0.900. The molecular formula is C10H16O5. The second kappa shape index (κ2) is 4.08. The van der Waals surface area contributed by atoms with E-state index in [0.29, 0.717) is 12.8 Å². The van der Waals surface area contributed by atoms with Crippen LogP contribution in [0.4, 0.5) is 0 Å². The van der Waals surface area contributed by atoms with Gasteiger partial charge in [0.05, 0.1) is 37.9 Å². The minimum Gasteiger partial charge on any atom is -0.469 e. The molecule has 5 atom stereocenters. The van der Waals surface area contributed by atoms with Crippen LogP contribution in [0.3, 0.4) is 0 Å². The molecule has 0 spiro atoms. The number of esters is 1. The summed E-state index contributed by atoms with van der Waals surface area (Å²) in [7, 11) is 1.34. The van der Waals surface area contributed by atoms with Crippen molar-refractivity contribution < 1.29 is 24.5 Å². The third kappa shape index (κ3) is 2.00. The van der Waals surface area contributed by atoms with Crippen LogP contribution in [0.25, 0.3) is 0 Å². The second-order valence-corrected chi connectivity index (χ2v) is 4.27. The van der Waals surface area contributed by atoms with Gasteiger partial charge in [-0.05, 0) is 6.42 Å². The van der Waals surface area contributed by atoms with Crippen molar-refractivity contribution in [2.45, 2.75) is 43.7 Å². The Morgan fingerprint density at radius 3 is 2.80 bits per heavy atom. The van der Waals surface area contributed by atoms with Crippen LogP contribution in [0, 0.1) is 5.92 Å². The number of fused-ring (bicyclic) bond motifs is 1. The topological polar surface area (TPSA) is 76.0 Å². The molecule has 1 heterocycles. The number of ether oxygens (including phenoxy) is 2. The van der Waals surface area contributed by atoms with E-state index in [1.54, 1.807) is 0 Å². The molecule has 2 N–H and O–H groups in total. The van der Waals surface area contributed by atoms with Gasteiger partial charge in [0.25, 0.3) is 0 Å². The van der Waals surface area contributed by atoms with Gasteiger partial charge in [0, 0.05) is 12.3 Å². The van der Waals surface area contributed by atoms with Crippen LogP contribution in [0.15, 0.2) is 0 Å². The molecule has 2 unspecified atom stereocenters. The predicted molar refractivity (Wildman–Crippen MR) is 50.0 cm³/mol. The SMILES string of the molecule is COC(=O)C[C@H]1C[C@@H]2C(O)C(O)C[C@@H]2O1. The molecule has 0 aromatic heterocycles. The average molecular weight is 216 g/mol. The van der Waals surface area contributed by atoms with E-state index in [2.05, 4.69) is 4.74 Å². The Labute approximate surface area is 88.0 Å². The first-order valence-corrected chi connectivity index (χ1v) is 5.20. The first-order valence-electron chi connectivity index (χ1n) is 5.20. The largest absolute Gasteiger partial charge is 0.469 e. The van der Waals surface area contributed by atoms with Crippen LogP contribution >= 0.6 is 0 Å². The molecule has 1 aliphatic heterocycles. The standard InChI is InChI=1S/C10H16O5/c1-14-9(12)3-5-2-6-8(15-5)4-7(11)10(6)13/h5-8,10-11,13H,2-4H2,1H3/t5-,6+,7?,8+,10?/m1/s1. The minimum absolute atomic E-state index is 0.0327. The first kappa shape index (κ1) is 10.9. The maximum absolute atomic E-state index is 11.0. The highest BCUT2D eigenvalue weighted by molar-refractivity contribution is 5.69. The second-order valence-electron chi connectivity index (χ2n) is 4.27. The molecule has 1 saturated carbocycles. The first-order chi connectivity index (χ1) is 7.11. The fourth-order valence-corrected chi connectivity index (χ4v) is 2.51. The maximum atomic E-state index is 11.0. The van der Waals surface area contributed by atoms with Crippen LogP contribution in [0.5, 0.6) is 0 Å². The number of rotatable bonds is 2. The van der Waals surface area contributed by atoms with E-state index >= 15 is 0 Å².